The van der Waals surface area contributed by atoms with E-state index in [0.29, 0.717) is 36.4 Å². The van der Waals surface area contributed by atoms with Crippen molar-refractivity contribution in [1.82, 2.24) is 15.0 Å². The highest BCUT2D eigenvalue weighted by atomic mass is 19.1. The Labute approximate surface area is 149 Å². The Kier molecular flexibility index (Phi) is 5.29. The van der Waals surface area contributed by atoms with Crippen molar-refractivity contribution in [2.45, 2.75) is 32.6 Å². The van der Waals surface area contributed by atoms with Crippen molar-refractivity contribution in [3.63, 3.8) is 0 Å². The maximum Gasteiger partial charge on any atom is 0.308 e. The van der Waals surface area contributed by atoms with Crippen molar-refractivity contribution in [3.8, 4) is 11.4 Å². The van der Waals surface area contributed by atoms with E-state index in [9.17, 15) is 14.0 Å². The standard InChI is InChI=1S/C18H20FN3O4/c1-11-4-5-12(9-14(11)19)17-20-15(26-21-17)6-7-16(23)22-8-2-3-13(10-22)18(24)25/h4-5,9,13H,2-3,6-8,10H2,1H3,(H,24,25). The van der Waals surface area contributed by atoms with Crippen LogP contribution in [0.1, 0.15) is 30.7 Å². The second kappa shape index (κ2) is 7.63. The van der Waals surface area contributed by atoms with Gasteiger partial charge in [-0.15, -0.1) is 0 Å². The van der Waals surface area contributed by atoms with Crippen LogP contribution in [0.3, 0.4) is 0 Å². The van der Waals surface area contributed by atoms with Gasteiger partial charge < -0.3 is 14.5 Å². The summed E-state index contributed by atoms with van der Waals surface area (Å²) in [5.41, 5.74) is 1.04. The molecular weight excluding hydrogens is 341 g/mol. The van der Waals surface area contributed by atoms with Crippen molar-refractivity contribution in [2.75, 3.05) is 13.1 Å². The van der Waals surface area contributed by atoms with Gasteiger partial charge >= 0.3 is 5.97 Å². The van der Waals surface area contributed by atoms with Crippen molar-refractivity contribution in [1.29, 1.82) is 0 Å². The maximum absolute atomic E-state index is 13.6. The normalized spacial score (nSPS) is 17.3. The summed E-state index contributed by atoms with van der Waals surface area (Å²) >= 11 is 0. The van der Waals surface area contributed by atoms with Gasteiger partial charge in [0.2, 0.25) is 17.6 Å². The minimum atomic E-state index is -0.866. The number of aliphatic carboxylic acids is 1. The van der Waals surface area contributed by atoms with E-state index in [2.05, 4.69) is 10.1 Å². The van der Waals surface area contributed by atoms with E-state index >= 15 is 0 Å². The fourth-order valence-corrected chi connectivity index (χ4v) is 2.98. The van der Waals surface area contributed by atoms with E-state index in [4.69, 9.17) is 9.63 Å². The number of carboxylic acid groups (broad SMARTS) is 1. The fraction of sp³-hybridized carbons (Fsp3) is 0.444. The van der Waals surface area contributed by atoms with Gasteiger partial charge in [0.05, 0.1) is 5.92 Å². The first-order chi connectivity index (χ1) is 12.4. The molecule has 2 aromatic rings. The predicted octanol–water partition coefficient (Wildman–Crippen LogP) is 2.44. The number of carbonyl (C=O) groups is 2. The monoisotopic (exact) mass is 361 g/mol. The number of aryl methyl sites for hydroxylation is 2. The van der Waals surface area contributed by atoms with Crippen LogP contribution in [0.15, 0.2) is 22.7 Å². The Morgan fingerprint density at radius 1 is 1.42 bits per heavy atom. The van der Waals surface area contributed by atoms with Crippen molar-refractivity contribution in [2.24, 2.45) is 5.92 Å². The molecule has 0 radical (unpaired) electrons. The van der Waals surface area contributed by atoms with Crippen molar-refractivity contribution < 1.29 is 23.6 Å². The third kappa shape index (κ3) is 4.07. The lowest BCUT2D eigenvalue weighted by atomic mass is 9.98. The van der Waals surface area contributed by atoms with Gasteiger partial charge in [0.15, 0.2) is 0 Å². The molecule has 7 nitrogen and oxygen atoms in total. The number of amides is 1. The molecule has 1 aromatic carbocycles. The molecule has 138 valence electrons. The average Bonchev–Trinajstić information content (AvgIpc) is 3.11. The van der Waals surface area contributed by atoms with Crippen LogP contribution in [-0.2, 0) is 16.0 Å². The molecular formula is C18H20FN3O4. The first-order valence-electron chi connectivity index (χ1n) is 8.53. The summed E-state index contributed by atoms with van der Waals surface area (Å²) in [6.45, 7) is 2.48. The third-order valence-electron chi connectivity index (χ3n) is 4.57. The number of carboxylic acids is 1. The van der Waals surface area contributed by atoms with E-state index in [1.807, 2.05) is 0 Å². The molecule has 1 fully saturated rings. The number of carbonyl (C=O) groups excluding carboxylic acids is 1. The summed E-state index contributed by atoms with van der Waals surface area (Å²) in [7, 11) is 0. The molecule has 0 bridgehead atoms. The van der Waals surface area contributed by atoms with Crippen LogP contribution in [0.2, 0.25) is 0 Å². The molecule has 1 aromatic heterocycles. The molecule has 1 unspecified atom stereocenters. The zero-order valence-electron chi connectivity index (χ0n) is 14.4. The summed E-state index contributed by atoms with van der Waals surface area (Å²) in [5, 5.41) is 12.9. The topological polar surface area (TPSA) is 96.5 Å². The van der Waals surface area contributed by atoms with E-state index in [1.165, 1.54) is 6.07 Å². The molecule has 1 saturated heterocycles. The molecule has 0 saturated carbocycles. The van der Waals surface area contributed by atoms with Crippen LogP contribution in [0.25, 0.3) is 11.4 Å². The number of hydrogen-bond acceptors (Lipinski definition) is 5. The van der Waals surface area contributed by atoms with Crippen LogP contribution in [0.5, 0.6) is 0 Å². The van der Waals surface area contributed by atoms with Crippen LogP contribution >= 0.6 is 0 Å². The van der Waals surface area contributed by atoms with E-state index in [1.54, 1.807) is 24.0 Å². The number of piperidine rings is 1. The number of hydrogen-bond donors (Lipinski definition) is 1. The summed E-state index contributed by atoms with van der Waals surface area (Å²) in [6.07, 6.45) is 1.70. The zero-order chi connectivity index (χ0) is 18.7. The molecule has 0 aliphatic carbocycles. The SMILES string of the molecule is Cc1ccc(-c2noc(CCC(=O)N3CCCC(C(=O)O)C3)n2)cc1F. The number of rotatable bonds is 5. The molecule has 26 heavy (non-hydrogen) atoms. The van der Waals surface area contributed by atoms with Crippen molar-refractivity contribution in [3.05, 3.63) is 35.5 Å². The second-order valence-electron chi connectivity index (χ2n) is 6.49. The first kappa shape index (κ1) is 18.0. The van der Waals surface area contributed by atoms with E-state index < -0.39 is 11.9 Å². The molecule has 1 aliphatic rings. The fourth-order valence-electron chi connectivity index (χ4n) is 2.98. The summed E-state index contributed by atoms with van der Waals surface area (Å²) < 4.78 is 18.8. The smallest absolute Gasteiger partial charge is 0.308 e. The molecule has 1 atom stereocenters. The van der Waals surface area contributed by atoms with Crippen LogP contribution in [0, 0.1) is 18.7 Å². The summed E-state index contributed by atoms with van der Waals surface area (Å²) in [6, 6.07) is 4.69. The molecule has 2 heterocycles. The van der Waals surface area contributed by atoms with Crippen LogP contribution in [0.4, 0.5) is 4.39 Å². The number of benzene rings is 1. The molecule has 3 rings (SSSR count). The quantitative estimate of drug-likeness (QED) is 0.879. The number of aromatic nitrogens is 2. The lowest BCUT2D eigenvalue weighted by molar-refractivity contribution is -0.145. The second-order valence-corrected chi connectivity index (χ2v) is 6.49. The minimum absolute atomic E-state index is 0.128. The minimum Gasteiger partial charge on any atom is -0.481 e. The van der Waals surface area contributed by atoms with Gasteiger partial charge in [0.25, 0.3) is 0 Å². The summed E-state index contributed by atoms with van der Waals surface area (Å²) in [5.74, 6) is -1.27. The van der Waals surface area contributed by atoms with Gasteiger partial charge in [-0.25, -0.2) is 4.39 Å². The molecule has 1 aliphatic heterocycles. The average molecular weight is 361 g/mol. The Bertz CT molecular complexity index is 821. The molecule has 8 heteroatoms. The zero-order valence-corrected chi connectivity index (χ0v) is 14.4. The highest BCUT2D eigenvalue weighted by molar-refractivity contribution is 5.78. The predicted molar refractivity (Wildman–Crippen MR) is 89.7 cm³/mol. The Morgan fingerprint density at radius 3 is 2.96 bits per heavy atom. The Hall–Kier alpha value is -2.77. The lowest BCUT2D eigenvalue weighted by Crippen LogP contribution is -2.42. The Balaban J connectivity index is 1.58. The first-order valence-corrected chi connectivity index (χ1v) is 8.53. The van der Waals surface area contributed by atoms with Crippen LogP contribution in [-0.4, -0.2) is 45.1 Å². The van der Waals surface area contributed by atoms with E-state index in [0.717, 1.165) is 0 Å². The van der Waals surface area contributed by atoms with E-state index in [-0.39, 0.29) is 36.9 Å². The number of halogens is 1. The molecule has 0 spiro atoms. The van der Waals surface area contributed by atoms with Gasteiger partial charge in [-0.1, -0.05) is 17.3 Å². The highest BCUT2D eigenvalue weighted by Crippen LogP contribution is 2.20. The highest BCUT2D eigenvalue weighted by Gasteiger charge is 2.28. The summed E-state index contributed by atoms with van der Waals surface area (Å²) in [4.78, 5) is 29.2. The largest absolute Gasteiger partial charge is 0.481 e. The lowest BCUT2D eigenvalue weighted by Gasteiger charge is -2.30. The van der Waals surface area contributed by atoms with Gasteiger partial charge in [-0.3, -0.25) is 9.59 Å². The third-order valence-corrected chi connectivity index (χ3v) is 4.57. The van der Waals surface area contributed by atoms with Gasteiger partial charge in [0, 0.05) is 31.5 Å². The van der Waals surface area contributed by atoms with Crippen LogP contribution < -0.4 is 0 Å². The van der Waals surface area contributed by atoms with Gasteiger partial charge in [-0.05, 0) is 31.4 Å². The maximum atomic E-state index is 13.6. The molecule has 1 N–H and O–H groups in total. The van der Waals surface area contributed by atoms with Gasteiger partial charge in [0.1, 0.15) is 5.82 Å². The van der Waals surface area contributed by atoms with Crippen molar-refractivity contribution >= 4 is 11.9 Å². The molecule has 1 amide bonds. The number of nitrogens with zero attached hydrogens (tertiary/aromatic N) is 3. The Morgan fingerprint density at radius 2 is 2.23 bits per heavy atom. The van der Waals surface area contributed by atoms with Gasteiger partial charge in [-0.2, -0.15) is 4.98 Å². The number of likely N-dealkylation sites (tertiary alicyclic amines) is 1.